The van der Waals surface area contributed by atoms with Crippen LogP contribution >= 0.6 is 27.5 Å². The summed E-state index contributed by atoms with van der Waals surface area (Å²) in [5.41, 5.74) is 1.51. The zero-order chi connectivity index (χ0) is 22.2. The van der Waals surface area contributed by atoms with Crippen molar-refractivity contribution in [2.24, 2.45) is 0 Å². The number of nitrogens with zero attached hydrogens (tertiary/aromatic N) is 3. The summed E-state index contributed by atoms with van der Waals surface area (Å²) in [4.78, 5) is 16.6. The fourth-order valence-corrected chi connectivity index (χ4v) is 3.54. The zero-order valence-electron chi connectivity index (χ0n) is 15.4. The van der Waals surface area contributed by atoms with E-state index in [0.29, 0.717) is 11.3 Å². The third-order valence-corrected chi connectivity index (χ3v) is 5.19. The van der Waals surface area contributed by atoms with Gasteiger partial charge in [0.15, 0.2) is 5.65 Å². The lowest BCUT2D eigenvalue weighted by atomic mass is 10.1. The Bertz CT molecular complexity index is 1290. The summed E-state index contributed by atoms with van der Waals surface area (Å²) in [6.45, 7) is 0. The highest BCUT2D eigenvalue weighted by atomic mass is 79.9. The first-order chi connectivity index (χ1) is 14.7. The second-order valence-electron chi connectivity index (χ2n) is 6.41. The number of carbonyl (C=O) groups is 1. The molecule has 4 aromatic rings. The average molecular weight is 511 g/mol. The Hall–Kier alpha value is -3.11. The molecule has 0 aliphatic carbocycles. The molecule has 0 saturated heterocycles. The topological polar surface area (TPSA) is 71.3 Å². The summed E-state index contributed by atoms with van der Waals surface area (Å²) in [6.07, 6.45) is -1.36. The maximum absolute atomic E-state index is 13.0. The number of hydrogen-bond acceptors (Lipinski definition) is 3. The Morgan fingerprint density at radius 1 is 1.06 bits per heavy atom. The molecule has 0 aliphatic heterocycles. The van der Waals surface area contributed by atoms with Gasteiger partial charge in [0.05, 0.1) is 26.9 Å². The van der Waals surface area contributed by atoms with Gasteiger partial charge in [-0.3, -0.25) is 0 Å². The van der Waals surface area contributed by atoms with Gasteiger partial charge in [-0.05, 0) is 52.3 Å². The molecule has 0 fully saturated rings. The van der Waals surface area contributed by atoms with E-state index in [1.807, 2.05) is 6.07 Å². The molecule has 0 bridgehead atoms. The molecule has 4 rings (SSSR count). The highest BCUT2D eigenvalue weighted by Gasteiger charge is 2.33. The maximum Gasteiger partial charge on any atom is 0.417 e. The molecule has 31 heavy (non-hydrogen) atoms. The molecule has 0 unspecified atom stereocenters. The van der Waals surface area contributed by atoms with E-state index in [4.69, 9.17) is 11.6 Å². The number of nitrogens with one attached hydrogen (secondary N) is 2. The van der Waals surface area contributed by atoms with Crippen LogP contribution in [0, 0.1) is 0 Å². The molecule has 2 N–H and O–H groups in total. The van der Waals surface area contributed by atoms with Gasteiger partial charge in [-0.15, -0.1) is 0 Å². The Morgan fingerprint density at radius 3 is 2.55 bits per heavy atom. The average Bonchev–Trinajstić information content (AvgIpc) is 3.10. The first-order valence-corrected chi connectivity index (χ1v) is 9.93. The summed E-state index contributed by atoms with van der Waals surface area (Å²) in [6, 6.07) is 11.2. The van der Waals surface area contributed by atoms with E-state index in [1.165, 1.54) is 6.07 Å². The monoisotopic (exact) mass is 509 g/mol. The van der Waals surface area contributed by atoms with Crippen LogP contribution in [0.25, 0.3) is 16.9 Å². The lowest BCUT2D eigenvalue weighted by molar-refractivity contribution is -0.137. The zero-order valence-corrected chi connectivity index (χ0v) is 17.8. The molecule has 0 saturated carbocycles. The van der Waals surface area contributed by atoms with E-state index in [2.05, 4.69) is 36.6 Å². The number of benzene rings is 2. The van der Waals surface area contributed by atoms with E-state index in [9.17, 15) is 18.0 Å². The van der Waals surface area contributed by atoms with Crippen LogP contribution in [0.15, 0.2) is 65.4 Å². The molecule has 158 valence electrons. The summed E-state index contributed by atoms with van der Waals surface area (Å²) in [5, 5.41) is 8.82. The van der Waals surface area contributed by atoms with Crippen LogP contribution in [-0.4, -0.2) is 20.6 Å². The smallest absolute Gasteiger partial charge is 0.308 e. The van der Waals surface area contributed by atoms with Crippen molar-refractivity contribution < 1.29 is 18.0 Å². The van der Waals surface area contributed by atoms with Gasteiger partial charge in [0.25, 0.3) is 0 Å². The second-order valence-corrected chi connectivity index (χ2v) is 7.67. The minimum absolute atomic E-state index is 0.0392. The third kappa shape index (κ3) is 4.49. The minimum atomic E-state index is -4.63. The molecule has 2 heterocycles. The van der Waals surface area contributed by atoms with Crippen LogP contribution in [-0.2, 0) is 6.18 Å². The number of amides is 2. The van der Waals surface area contributed by atoms with Crippen LogP contribution in [0.4, 0.5) is 29.3 Å². The molecular weight excluding hydrogens is 499 g/mol. The number of fused-ring (bicyclic) bond motifs is 1. The third-order valence-electron chi connectivity index (χ3n) is 4.30. The van der Waals surface area contributed by atoms with Gasteiger partial charge >= 0.3 is 12.2 Å². The van der Waals surface area contributed by atoms with E-state index in [1.54, 1.807) is 41.2 Å². The summed E-state index contributed by atoms with van der Waals surface area (Å²) >= 11 is 8.99. The Morgan fingerprint density at radius 2 is 1.81 bits per heavy atom. The number of urea groups is 1. The van der Waals surface area contributed by atoms with Gasteiger partial charge in [-0.2, -0.15) is 18.3 Å². The molecule has 2 aromatic heterocycles. The van der Waals surface area contributed by atoms with Crippen LogP contribution in [0.3, 0.4) is 0 Å². The van der Waals surface area contributed by atoms with Gasteiger partial charge in [-0.1, -0.05) is 23.7 Å². The molecule has 0 aliphatic rings. The van der Waals surface area contributed by atoms with E-state index >= 15 is 0 Å². The van der Waals surface area contributed by atoms with E-state index < -0.39 is 22.8 Å². The largest absolute Gasteiger partial charge is 0.417 e. The van der Waals surface area contributed by atoms with Crippen LogP contribution in [0.5, 0.6) is 0 Å². The van der Waals surface area contributed by atoms with Gasteiger partial charge in [0, 0.05) is 23.1 Å². The summed E-state index contributed by atoms with van der Waals surface area (Å²) in [5.74, 6) is 0. The number of aromatic nitrogens is 3. The van der Waals surface area contributed by atoms with Crippen molar-refractivity contribution in [1.82, 2.24) is 14.6 Å². The van der Waals surface area contributed by atoms with Crippen LogP contribution in [0.2, 0.25) is 5.02 Å². The predicted molar refractivity (Wildman–Crippen MR) is 115 cm³/mol. The van der Waals surface area contributed by atoms with Crippen molar-refractivity contribution in [2.75, 3.05) is 10.6 Å². The maximum atomic E-state index is 13.0. The Balaban J connectivity index is 1.55. The quantitative estimate of drug-likeness (QED) is 0.332. The van der Waals surface area contributed by atoms with E-state index in [-0.39, 0.29) is 5.69 Å². The van der Waals surface area contributed by atoms with E-state index in [0.717, 1.165) is 27.9 Å². The minimum Gasteiger partial charge on any atom is -0.308 e. The fraction of sp³-hybridized carbons (Fsp3) is 0.0500. The number of halogens is 5. The first kappa shape index (κ1) is 21.1. The summed E-state index contributed by atoms with van der Waals surface area (Å²) < 4.78 is 41.4. The molecule has 0 radical (unpaired) electrons. The van der Waals surface area contributed by atoms with Gasteiger partial charge in [0.1, 0.15) is 0 Å². The van der Waals surface area contributed by atoms with Crippen molar-refractivity contribution in [3.63, 3.8) is 0 Å². The molecular formula is C20H12BrClF3N5O. The molecule has 6 nitrogen and oxygen atoms in total. The number of rotatable bonds is 3. The number of hydrogen-bond donors (Lipinski definition) is 2. The number of anilines is 2. The Kier molecular flexibility index (Phi) is 5.59. The molecule has 2 amide bonds. The molecule has 0 spiro atoms. The predicted octanol–water partition coefficient (Wildman–Crippen LogP) is 6.48. The molecule has 0 atom stereocenters. The van der Waals surface area contributed by atoms with Gasteiger partial charge in [-0.25, -0.2) is 14.3 Å². The molecule has 2 aromatic carbocycles. The first-order valence-electron chi connectivity index (χ1n) is 8.76. The van der Waals surface area contributed by atoms with Crippen molar-refractivity contribution >= 4 is 50.6 Å². The summed E-state index contributed by atoms with van der Waals surface area (Å²) in [7, 11) is 0. The fourth-order valence-electron chi connectivity index (χ4n) is 2.95. The van der Waals surface area contributed by atoms with Gasteiger partial charge < -0.3 is 10.6 Å². The normalized spacial score (nSPS) is 11.5. The molecule has 11 heteroatoms. The Labute approximate surface area is 187 Å². The van der Waals surface area contributed by atoms with Crippen molar-refractivity contribution in [2.45, 2.75) is 6.18 Å². The number of alkyl halides is 3. The SMILES string of the molecule is O=C(Nc1cccc(-c2ccnc3c(Br)cnn23)c1)Nc1ccc(Cl)c(C(F)(F)F)c1. The van der Waals surface area contributed by atoms with Crippen molar-refractivity contribution in [1.29, 1.82) is 0 Å². The lowest BCUT2D eigenvalue weighted by Crippen LogP contribution is -2.20. The van der Waals surface area contributed by atoms with Gasteiger partial charge in [0.2, 0.25) is 0 Å². The van der Waals surface area contributed by atoms with Crippen molar-refractivity contribution in [3.05, 3.63) is 76.0 Å². The van der Waals surface area contributed by atoms with Crippen LogP contribution < -0.4 is 10.6 Å². The highest BCUT2D eigenvalue weighted by Crippen LogP contribution is 2.36. The second kappa shape index (κ2) is 8.20. The van der Waals surface area contributed by atoms with Crippen LogP contribution in [0.1, 0.15) is 5.56 Å². The van der Waals surface area contributed by atoms with Crippen molar-refractivity contribution in [3.8, 4) is 11.3 Å². The lowest BCUT2D eigenvalue weighted by Gasteiger charge is -2.13. The highest BCUT2D eigenvalue weighted by molar-refractivity contribution is 9.10. The standard InChI is InChI=1S/C20H12BrClF3N5O/c21-15-10-27-30-17(6-7-26-18(15)30)11-2-1-3-12(8-11)28-19(31)29-13-4-5-16(22)14(9-13)20(23,24)25/h1-10H,(H2,28,29,31). The number of carbonyl (C=O) groups excluding carboxylic acids is 1.